The Labute approximate surface area is 132 Å². The number of ether oxygens (including phenoxy) is 2. The predicted molar refractivity (Wildman–Crippen MR) is 84.3 cm³/mol. The van der Waals surface area contributed by atoms with Gasteiger partial charge in [0.2, 0.25) is 5.88 Å². The molecular weight excluding hydrogens is 313 g/mol. The van der Waals surface area contributed by atoms with Crippen LogP contribution in [-0.4, -0.2) is 11.1 Å². The number of aromatic nitrogens is 1. The van der Waals surface area contributed by atoms with Gasteiger partial charge in [0.1, 0.15) is 5.75 Å². The van der Waals surface area contributed by atoms with Gasteiger partial charge in [-0.15, -0.1) is 0 Å². The predicted octanol–water partition coefficient (Wildman–Crippen LogP) is 4.25. The van der Waals surface area contributed by atoms with Crippen LogP contribution in [0.5, 0.6) is 17.4 Å². The van der Waals surface area contributed by atoms with Crippen LogP contribution in [-0.2, 0) is 0 Å². The Balaban J connectivity index is 2.18. The minimum absolute atomic E-state index is 0.0597. The molecule has 0 amide bonds. The Morgan fingerprint density at radius 3 is 2.33 bits per heavy atom. The number of anilines is 1. The van der Waals surface area contributed by atoms with Gasteiger partial charge < -0.3 is 14.9 Å². The molecule has 0 aliphatic heterocycles. The van der Waals surface area contributed by atoms with Crippen LogP contribution in [0.3, 0.4) is 0 Å². The number of nitrogens with two attached hydrogens (primary N) is 1. The minimum atomic E-state index is 0.0597. The number of nitrogens with zero attached hydrogens (tertiary/aromatic N) is 1. The Hall–Kier alpha value is -1.69. The van der Waals surface area contributed by atoms with Gasteiger partial charge in [-0.05, 0) is 32.0 Å². The number of halogens is 2. The molecule has 2 rings (SSSR count). The molecule has 1 aromatic carbocycles. The van der Waals surface area contributed by atoms with Crippen molar-refractivity contribution in [3.63, 3.8) is 0 Å². The van der Waals surface area contributed by atoms with Crippen molar-refractivity contribution in [1.29, 1.82) is 0 Å². The van der Waals surface area contributed by atoms with Gasteiger partial charge >= 0.3 is 0 Å². The van der Waals surface area contributed by atoms with Crippen molar-refractivity contribution in [3.05, 3.63) is 40.5 Å². The molecule has 0 aliphatic carbocycles. The molecule has 3 N–H and O–H groups in total. The third-order valence-electron chi connectivity index (χ3n) is 2.45. The fourth-order valence-electron chi connectivity index (χ4n) is 1.60. The highest BCUT2D eigenvalue weighted by Crippen LogP contribution is 2.38. The Morgan fingerprint density at radius 1 is 1.19 bits per heavy atom. The van der Waals surface area contributed by atoms with Crippen molar-refractivity contribution in [3.8, 4) is 17.4 Å². The van der Waals surface area contributed by atoms with Crippen LogP contribution in [0.15, 0.2) is 30.5 Å². The lowest BCUT2D eigenvalue weighted by atomic mass is 10.3. The molecule has 5 nitrogen and oxygen atoms in total. The highest BCUT2D eigenvalue weighted by Gasteiger charge is 2.11. The Kier molecular flexibility index (Phi) is 5.12. The normalized spacial score (nSPS) is 10.6. The standard InChI is InChI=1S/C14H15Cl2N3O2/c1-8(2)20-13-4-3-10(7-18-13)21-14-11(15)5-9(19-17)6-12(14)16/h3-8,19H,17H2,1-2H3. The van der Waals surface area contributed by atoms with E-state index in [-0.39, 0.29) is 6.10 Å². The Morgan fingerprint density at radius 2 is 1.86 bits per heavy atom. The SMILES string of the molecule is CC(C)Oc1ccc(Oc2c(Cl)cc(NN)cc2Cl)cn1. The number of nitrogen functional groups attached to an aromatic ring is 1. The number of benzene rings is 1. The van der Waals surface area contributed by atoms with Gasteiger partial charge in [-0.2, -0.15) is 0 Å². The smallest absolute Gasteiger partial charge is 0.213 e. The summed E-state index contributed by atoms with van der Waals surface area (Å²) in [7, 11) is 0. The molecule has 0 fully saturated rings. The summed E-state index contributed by atoms with van der Waals surface area (Å²) in [6.07, 6.45) is 1.60. The fraction of sp³-hybridized carbons (Fsp3) is 0.214. The second-order valence-corrected chi connectivity index (χ2v) is 5.33. The van der Waals surface area contributed by atoms with Crippen molar-refractivity contribution in [1.82, 2.24) is 4.98 Å². The number of hydrogen-bond acceptors (Lipinski definition) is 5. The summed E-state index contributed by atoms with van der Waals surface area (Å²) in [4.78, 5) is 4.14. The van der Waals surface area contributed by atoms with Gasteiger partial charge in [-0.25, -0.2) is 4.98 Å². The van der Waals surface area contributed by atoms with Crippen molar-refractivity contribution in [2.24, 2.45) is 5.84 Å². The van der Waals surface area contributed by atoms with E-state index < -0.39 is 0 Å². The molecule has 0 spiro atoms. The van der Waals surface area contributed by atoms with Crippen molar-refractivity contribution >= 4 is 28.9 Å². The lowest BCUT2D eigenvalue weighted by molar-refractivity contribution is 0.232. The van der Waals surface area contributed by atoms with Crippen LogP contribution in [0.2, 0.25) is 10.0 Å². The third-order valence-corrected chi connectivity index (χ3v) is 3.01. The summed E-state index contributed by atoms with van der Waals surface area (Å²) in [5.41, 5.74) is 3.07. The summed E-state index contributed by atoms with van der Waals surface area (Å²) in [5, 5.41) is 0.691. The molecule has 2 aromatic rings. The summed E-state index contributed by atoms with van der Waals surface area (Å²) in [6, 6.07) is 6.68. The fourth-order valence-corrected chi connectivity index (χ4v) is 2.16. The van der Waals surface area contributed by atoms with Crippen LogP contribution in [0.25, 0.3) is 0 Å². The summed E-state index contributed by atoms with van der Waals surface area (Å²) in [6.45, 7) is 3.86. The summed E-state index contributed by atoms with van der Waals surface area (Å²) in [5.74, 6) is 6.69. The summed E-state index contributed by atoms with van der Waals surface area (Å²) < 4.78 is 11.1. The first-order valence-corrected chi connectivity index (χ1v) is 7.01. The van der Waals surface area contributed by atoms with Crippen LogP contribution in [0.4, 0.5) is 5.69 Å². The first kappa shape index (κ1) is 15.7. The van der Waals surface area contributed by atoms with Crippen molar-refractivity contribution in [2.75, 3.05) is 5.43 Å². The molecule has 0 aliphatic rings. The van der Waals surface area contributed by atoms with E-state index in [4.69, 9.17) is 38.5 Å². The molecule has 1 aromatic heterocycles. The molecule has 0 unspecified atom stereocenters. The second-order valence-electron chi connectivity index (χ2n) is 4.51. The average Bonchev–Trinajstić information content (AvgIpc) is 2.43. The molecule has 0 radical (unpaired) electrons. The minimum Gasteiger partial charge on any atom is -0.475 e. The van der Waals surface area contributed by atoms with Crippen LogP contribution >= 0.6 is 23.2 Å². The average molecular weight is 328 g/mol. The van der Waals surface area contributed by atoms with Crippen molar-refractivity contribution < 1.29 is 9.47 Å². The molecule has 21 heavy (non-hydrogen) atoms. The maximum absolute atomic E-state index is 6.11. The van der Waals surface area contributed by atoms with E-state index in [9.17, 15) is 0 Å². The zero-order chi connectivity index (χ0) is 15.4. The number of rotatable bonds is 5. The molecular formula is C14H15Cl2N3O2. The maximum Gasteiger partial charge on any atom is 0.213 e. The van der Waals surface area contributed by atoms with Crippen molar-refractivity contribution in [2.45, 2.75) is 20.0 Å². The summed E-state index contributed by atoms with van der Waals surface area (Å²) >= 11 is 12.2. The van der Waals surface area contributed by atoms with E-state index in [2.05, 4.69) is 10.4 Å². The number of pyridine rings is 1. The van der Waals surface area contributed by atoms with E-state index in [0.29, 0.717) is 33.1 Å². The van der Waals surface area contributed by atoms with E-state index in [1.54, 1.807) is 30.5 Å². The lowest BCUT2D eigenvalue weighted by Gasteiger charge is -2.12. The molecule has 1 heterocycles. The zero-order valence-electron chi connectivity index (χ0n) is 11.6. The van der Waals surface area contributed by atoms with Gasteiger partial charge in [-0.1, -0.05) is 23.2 Å². The highest BCUT2D eigenvalue weighted by atomic mass is 35.5. The first-order chi connectivity index (χ1) is 9.99. The molecule has 0 saturated carbocycles. The maximum atomic E-state index is 6.11. The van der Waals surface area contributed by atoms with Gasteiger partial charge in [0.15, 0.2) is 5.75 Å². The molecule has 0 saturated heterocycles. The molecule has 112 valence electrons. The zero-order valence-corrected chi connectivity index (χ0v) is 13.1. The lowest BCUT2D eigenvalue weighted by Crippen LogP contribution is -2.07. The molecule has 0 bridgehead atoms. The van der Waals surface area contributed by atoms with Crippen LogP contribution in [0.1, 0.15) is 13.8 Å². The van der Waals surface area contributed by atoms with Gasteiger partial charge in [-0.3, -0.25) is 5.84 Å². The second kappa shape index (κ2) is 6.85. The quantitative estimate of drug-likeness (QED) is 0.634. The van der Waals surface area contributed by atoms with E-state index in [1.165, 1.54) is 0 Å². The molecule has 7 heteroatoms. The van der Waals surface area contributed by atoms with E-state index >= 15 is 0 Å². The highest BCUT2D eigenvalue weighted by molar-refractivity contribution is 6.37. The molecule has 0 atom stereocenters. The van der Waals surface area contributed by atoms with Gasteiger partial charge in [0.25, 0.3) is 0 Å². The first-order valence-electron chi connectivity index (χ1n) is 6.26. The number of hydrazine groups is 1. The van der Waals surface area contributed by atoms with Gasteiger partial charge in [0, 0.05) is 6.07 Å². The van der Waals surface area contributed by atoms with E-state index in [0.717, 1.165) is 0 Å². The number of hydrogen-bond donors (Lipinski definition) is 2. The monoisotopic (exact) mass is 327 g/mol. The largest absolute Gasteiger partial charge is 0.475 e. The Bertz CT molecular complexity index is 595. The topological polar surface area (TPSA) is 69.4 Å². The van der Waals surface area contributed by atoms with E-state index in [1.807, 2.05) is 13.8 Å². The third kappa shape index (κ3) is 4.14. The number of nitrogens with one attached hydrogen (secondary N) is 1. The van der Waals surface area contributed by atoms with Crippen LogP contribution in [0, 0.1) is 0 Å². The van der Waals surface area contributed by atoms with Crippen LogP contribution < -0.4 is 20.7 Å². The van der Waals surface area contributed by atoms with Gasteiger partial charge in [0.05, 0.1) is 28.0 Å².